The minimum absolute atomic E-state index is 0.00777. The molecular weight excluding hydrogens is 293 g/mol. The number of para-hydroxylation sites is 1. The molecule has 2 aromatic rings. The van der Waals surface area contributed by atoms with Gasteiger partial charge in [0.05, 0.1) is 0 Å². The van der Waals surface area contributed by atoms with Gasteiger partial charge in [0.1, 0.15) is 0 Å². The summed E-state index contributed by atoms with van der Waals surface area (Å²) in [7, 11) is 0. The molecule has 116 valence electrons. The molecule has 2 heterocycles. The number of hydrogen-bond donors (Lipinski definition) is 1. The van der Waals surface area contributed by atoms with Crippen LogP contribution >= 0.6 is 0 Å². The summed E-state index contributed by atoms with van der Waals surface area (Å²) in [6.07, 6.45) is -0.797. The average Bonchev–Trinajstić information content (AvgIpc) is 2.91. The summed E-state index contributed by atoms with van der Waals surface area (Å²) in [5.41, 5.74) is 4.13. The Morgan fingerprint density at radius 1 is 1.32 bits per heavy atom. The van der Waals surface area contributed by atoms with E-state index >= 15 is 0 Å². The van der Waals surface area contributed by atoms with Gasteiger partial charge in [-0.15, -0.1) is 0 Å². The van der Waals surface area contributed by atoms with E-state index < -0.39 is 12.1 Å². The molecule has 1 amide bonds. The van der Waals surface area contributed by atoms with E-state index in [4.69, 9.17) is 0 Å². The van der Waals surface area contributed by atoms with Crippen LogP contribution in [0.2, 0.25) is 0 Å². The van der Waals surface area contributed by atoms with Gasteiger partial charge in [-0.3, -0.25) is 4.79 Å². The first-order chi connectivity index (χ1) is 10.4. The maximum Gasteiger partial charge on any atom is 0.471 e. The Morgan fingerprint density at radius 3 is 2.73 bits per heavy atom. The van der Waals surface area contributed by atoms with Gasteiger partial charge >= 0.3 is 12.1 Å². The van der Waals surface area contributed by atoms with Crippen LogP contribution in [-0.4, -0.2) is 35.1 Å². The predicted octanol–water partition coefficient (Wildman–Crippen LogP) is 3.65. The van der Waals surface area contributed by atoms with Crippen molar-refractivity contribution in [1.29, 1.82) is 0 Å². The molecule has 3 rings (SSSR count). The van der Waals surface area contributed by atoms with Gasteiger partial charge in [0.25, 0.3) is 0 Å². The van der Waals surface area contributed by atoms with E-state index in [9.17, 15) is 18.0 Å². The molecule has 1 aliphatic heterocycles. The SMILES string of the molecule is Cc1cccc2c(C3=CCN(C(=O)C(F)(F)F)CC3)c[nH]c12. The number of benzene rings is 1. The number of alkyl halides is 3. The van der Waals surface area contributed by atoms with Gasteiger partial charge in [-0.05, 0) is 24.5 Å². The number of carbonyl (C=O) groups excluding carboxylic acids is 1. The zero-order chi connectivity index (χ0) is 15.9. The lowest BCUT2D eigenvalue weighted by Crippen LogP contribution is -2.43. The molecule has 22 heavy (non-hydrogen) atoms. The number of H-pyrrole nitrogens is 1. The van der Waals surface area contributed by atoms with Crippen molar-refractivity contribution in [2.45, 2.75) is 19.5 Å². The highest BCUT2D eigenvalue weighted by atomic mass is 19.4. The molecule has 1 aromatic carbocycles. The third kappa shape index (κ3) is 2.49. The lowest BCUT2D eigenvalue weighted by molar-refractivity contribution is -0.185. The van der Waals surface area contributed by atoms with Gasteiger partial charge < -0.3 is 9.88 Å². The van der Waals surface area contributed by atoms with Crippen LogP contribution in [0.4, 0.5) is 13.2 Å². The number of aryl methyl sites for hydroxylation is 1. The molecular formula is C16H15F3N2O. The van der Waals surface area contributed by atoms with Crippen LogP contribution in [-0.2, 0) is 4.79 Å². The number of nitrogens with one attached hydrogen (secondary N) is 1. The van der Waals surface area contributed by atoms with Crippen LogP contribution in [0.25, 0.3) is 16.5 Å². The fourth-order valence-corrected chi connectivity index (χ4v) is 2.85. The van der Waals surface area contributed by atoms with Crippen LogP contribution in [0.3, 0.4) is 0 Å². The molecule has 0 saturated carbocycles. The average molecular weight is 308 g/mol. The Balaban J connectivity index is 1.87. The molecule has 1 aliphatic rings. The predicted molar refractivity (Wildman–Crippen MR) is 78.3 cm³/mol. The summed E-state index contributed by atoms with van der Waals surface area (Å²) in [5, 5.41) is 1.06. The number of amides is 1. The van der Waals surface area contributed by atoms with Crippen molar-refractivity contribution < 1.29 is 18.0 Å². The molecule has 0 aliphatic carbocycles. The van der Waals surface area contributed by atoms with Gasteiger partial charge in [-0.1, -0.05) is 24.3 Å². The van der Waals surface area contributed by atoms with Crippen LogP contribution in [0.15, 0.2) is 30.5 Å². The molecule has 0 saturated heterocycles. The number of rotatable bonds is 1. The van der Waals surface area contributed by atoms with E-state index in [1.807, 2.05) is 31.3 Å². The van der Waals surface area contributed by atoms with Gasteiger partial charge in [-0.2, -0.15) is 13.2 Å². The van der Waals surface area contributed by atoms with Crippen LogP contribution < -0.4 is 0 Å². The van der Waals surface area contributed by atoms with E-state index in [2.05, 4.69) is 4.98 Å². The van der Waals surface area contributed by atoms with E-state index in [0.29, 0.717) is 6.42 Å². The normalized spacial score (nSPS) is 16.0. The molecule has 1 aromatic heterocycles. The Morgan fingerprint density at radius 2 is 2.09 bits per heavy atom. The second-order valence-electron chi connectivity index (χ2n) is 5.43. The zero-order valence-corrected chi connectivity index (χ0v) is 12.0. The maximum absolute atomic E-state index is 12.4. The number of aromatic nitrogens is 1. The molecule has 1 N–H and O–H groups in total. The van der Waals surface area contributed by atoms with Crippen LogP contribution in [0.5, 0.6) is 0 Å². The standard InChI is InChI=1S/C16H15F3N2O/c1-10-3-2-4-12-13(9-20-14(10)12)11-5-7-21(8-6-11)15(22)16(17,18)19/h2-5,9,20H,6-8H2,1H3. The molecule has 3 nitrogen and oxygen atoms in total. The fourth-order valence-electron chi connectivity index (χ4n) is 2.85. The lowest BCUT2D eigenvalue weighted by atomic mass is 9.98. The minimum Gasteiger partial charge on any atom is -0.360 e. The summed E-state index contributed by atoms with van der Waals surface area (Å²) < 4.78 is 37.3. The number of carbonyl (C=O) groups is 1. The fraction of sp³-hybridized carbons (Fsp3) is 0.312. The second-order valence-corrected chi connectivity index (χ2v) is 5.43. The third-order valence-electron chi connectivity index (χ3n) is 4.01. The van der Waals surface area contributed by atoms with Crippen molar-refractivity contribution in [1.82, 2.24) is 9.88 Å². The Bertz CT molecular complexity index is 758. The van der Waals surface area contributed by atoms with Crippen molar-refractivity contribution in [2.75, 3.05) is 13.1 Å². The highest BCUT2D eigenvalue weighted by molar-refractivity contribution is 5.94. The Kier molecular flexibility index (Phi) is 3.47. The summed E-state index contributed by atoms with van der Waals surface area (Å²) in [4.78, 5) is 15.3. The lowest BCUT2D eigenvalue weighted by Gasteiger charge is -2.27. The maximum atomic E-state index is 12.4. The minimum atomic E-state index is -4.80. The molecule has 0 radical (unpaired) electrons. The zero-order valence-electron chi connectivity index (χ0n) is 12.0. The smallest absolute Gasteiger partial charge is 0.360 e. The monoisotopic (exact) mass is 308 g/mol. The second kappa shape index (κ2) is 5.19. The third-order valence-corrected chi connectivity index (χ3v) is 4.01. The van der Waals surface area contributed by atoms with Crippen LogP contribution in [0, 0.1) is 6.92 Å². The first-order valence-corrected chi connectivity index (χ1v) is 7.00. The quantitative estimate of drug-likeness (QED) is 0.857. The van der Waals surface area contributed by atoms with Gasteiger partial charge in [0.2, 0.25) is 0 Å². The Labute approximate surface area is 125 Å². The molecule has 0 bridgehead atoms. The summed E-state index contributed by atoms with van der Waals surface area (Å²) in [6.45, 7) is 2.08. The highest BCUT2D eigenvalue weighted by Crippen LogP contribution is 2.31. The molecule has 0 atom stereocenters. The van der Waals surface area contributed by atoms with E-state index in [1.54, 1.807) is 6.08 Å². The van der Waals surface area contributed by atoms with E-state index in [1.165, 1.54) is 0 Å². The summed E-state index contributed by atoms with van der Waals surface area (Å²) in [5.74, 6) is -1.77. The summed E-state index contributed by atoms with van der Waals surface area (Å²) >= 11 is 0. The number of fused-ring (bicyclic) bond motifs is 1. The first kappa shape index (κ1) is 14.7. The van der Waals surface area contributed by atoms with Crippen molar-refractivity contribution in [3.8, 4) is 0 Å². The largest absolute Gasteiger partial charge is 0.471 e. The topological polar surface area (TPSA) is 36.1 Å². The van der Waals surface area contributed by atoms with E-state index in [-0.39, 0.29) is 13.1 Å². The number of hydrogen-bond acceptors (Lipinski definition) is 1. The van der Waals surface area contributed by atoms with Crippen molar-refractivity contribution >= 4 is 22.4 Å². The van der Waals surface area contributed by atoms with Crippen molar-refractivity contribution in [3.05, 3.63) is 41.6 Å². The van der Waals surface area contributed by atoms with Gasteiger partial charge in [0, 0.05) is 35.8 Å². The number of aromatic amines is 1. The van der Waals surface area contributed by atoms with Gasteiger partial charge in [-0.25, -0.2) is 0 Å². The molecule has 0 unspecified atom stereocenters. The van der Waals surface area contributed by atoms with Crippen LogP contribution in [0.1, 0.15) is 17.5 Å². The highest BCUT2D eigenvalue weighted by Gasteiger charge is 2.42. The summed E-state index contributed by atoms with van der Waals surface area (Å²) in [6, 6.07) is 5.95. The van der Waals surface area contributed by atoms with Gasteiger partial charge in [0.15, 0.2) is 0 Å². The molecule has 6 heteroatoms. The molecule has 0 fully saturated rings. The molecule has 0 spiro atoms. The van der Waals surface area contributed by atoms with Crippen molar-refractivity contribution in [2.24, 2.45) is 0 Å². The van der Waals surface area contributed by atoms with E-state index in [0.717, 1.165) is 32.5 Å². The number of halogens is 3. The van der Waals surface area contributed by atoms with Crippen molar-refractivity contribution in [3.63, 3.8) is 0 Å². The number of nitrogens with zero attached hydrogens (tertiary/aromatic N) is 1. The Hall–Kier alpha value is -2.24. The first-order valence-electron chi connectivity index (χ1n) is 7.00.